The maximum absolute atomic E-state index is 12.1. The Labute approximate surface area is 135 Å². The number of aliphatic hydroxyl groups excluding tert-OH is 1. The highest BCUT2D eigenvalue weighted by Gasteiger charge is 2.25. The molecular formula is C16H21Cl2NO2. The zero-order valence-corrected chi connectivity index (χ0v) is 13.5. The van der Waals surface area contributed by atoms with Crippen molar-refractivity contribution in [1.29, 1.82) is 0 Å². The first-order valence-corrected chi connectivity index (χ1v) is 8.20. The van der Waals surface area contributed by atoms with Crippen LogP contribution in [0.5, 0.6) is 0 Å². The van der Waals surface area contributed by atoms with Gasteiger partial charge in [0.1, 0.15) is 0 Å². The van der Waals surface area contributed by atoms with E-state index in [1.165, 1.54) is 0 Å². The van der Waals surface area contributed by atoms with E-state index in [-0.39, 0.29) is 24.5 Å². The second-order valence-electron chi connectivity index (χ2n) is 5.64. The number of amides is 1. The second-order valence-corrected chi connectivity index (χ2v) is 6.48. The molecular weight excluding hydrogens is 309 g/mol. The predicted octanol–water partition coefficient (Wildman–Crippen LogP) is 3.59. The molecule has 1 aliphatic rings. The molecule has 1 aromatic carbocycles. The van der Waals surface area contributed by atoms with E-state index in [2.05, 4.69) is 5.32 Å². The Morgan fingerprint density at radius 2 is 2.05 bits per heavy atom. The van der Waals surface area contributed by atoms with Gasteiger partial charge in [-0.3, -0.25) is 4.79 Å². The number of nitrogens with one attached hydrogen (secondary N) is 1. The lowest BCUT2D eigenvalue weighted by Crippen LogP contribution is -2.43. The summed E-state index contributed by atoms with van der Waals surface area (Å²) in [7, 11) is 0. The van der Waals surface area contributed by atoms with Gasteiger partial charge < -0.3 is 10.4 Å². The van der Waals surface area contributed by atoms with E-state index in [4.69, 9.17) is 23.2 Å². The van der Waals surface area contributed by atoms with E-state index >= 15 is 0 Å². The van der Waals surface area contributed by atoms with E-state index in [9.17, 15) is 9.90 Å². The summed E-state index contributed by atoms with van der Waals surface area (Å²) in [6.07, 6.45) is 5.19. The number of hydrogen-bond donors (Lipinski definition) is 2. The first-order valence-electron chi connectivity index (χ1n) is 7.44. The Bertz CT molecular complexity index is 493. The van der Waals surface area contributed by atoms with Gasteiger partial charge in [-0.15, -0.1) is 0 Å². The molecule has 2 unspecified atom stereocenters. The van der Waals surface area contributed by atoms with E-state index in [1.54, 1.807) is 12.1 Å². The third kappa shape index (κ3) is 4.87. The van der Waals surface area contributed by atoms with Crippen molar-refractivity contribution in [1.82, 2.24) is 5.32 Å². The summed E-state index contributed by atoms with van der Waals surface area (Å²) in [5, 5.41) is 13.6. The average molecular weight is 330 g/mol. The zero-order chi connectivity index (χ0) is 15.2. The van der Waals surface area contributed by atoms with Gasteiger partial charge in [0.25, 0.3) is 0 Å². The van der Waals surface area contributed by atoms with Crippen LogP contribution in [0.3, 0.4) is 0 Å². The first-order chi connectivity index (χ1) is 10.1. The molecule has 3 nitrogen and oxygen atoms in total. The summed E-state index contributed by atoms with van der Waals surface area (Å²) >= 11 is 12.0. The highest BCUT2D eigenvalue weighted by molar-refractivity contribution is 6.35. The van der Waals surface area contributed by atoms with Crippen molar-refractivity contribution in [2.45, 2.75) is 44.6 Å². The van der Waals surface area contributed by atoms with Gasteiger partial charge in [-0.25, -0.2) is 0 Å². The largest absolute Gasteiger partial charge is 0.396 e. The molecule has 0 aliphatic heterocycles. The number of carbonyl (C=O) groups is 1. The predicted molar refractivity (Wildman–Crippen MR) is 85.8 cm³/mol. The van der Waals surface area contributed by atoms with Crippen LogP contribution in [0.1, 0.15) is 37.7 Å². The molecule has 116 valence electrons. The standard InChI is InChI=1S/C16H21Cl2NO2/c17-13-7-5-11(14(18)9-13)6-8-16(21)19-15-4-2-1-3-12(15)10-20/h5,7,9,12,15,20H,1-4,6,8,10H2,(H,19,21). The molecule has 0 bridgehead atoms. The van der Waals surface area contributed by atoms with Crippen molar-refractivity contribution < 1.29 is 9.90 Å². The molecule has 2 atom stereocenters. The van der Waals surface area contributed by atoms with Gasteiger partial charge in [-0.1, -0.05) is 42.1 Å². The fourth-order valence-electron chi connectivity index (χ4n) is 2.87. The number of rotatable bonds is 5. The van der Waals surface area contributed by atoms with Gasteiger partial charge in [0.05, 0.1) is 0 Å². The monoisotopic (exact) mass is 329 g/mol. The minimum Gasteiger partial charge on any atom is -0.396 e. The van der Waals surface area contributed by atoms with E-state index in [0.29, 0.717) is 22.9 Å². The van der Waals surface area contributed by atoms with Crippen LogP contribution in [0.25, 0.3) is 0 Å². The van der Waals surface area contributed by atoms with Crippen molar-refractivity contribution in [3.63, 3.8) is 0 Å². The summed E-state index contributed by atoms with van der Waals surface area (Å²) < 4.78 is 0. The molecule has 0 heterocycles. The fraction of sp³-hybridized carbons (Fsp3) is 0.562. The summed E-state index contributed by atoms with van der Waals surface area (Å²) in [4.78, 5) is 12.1. The van der Waals surface area contributed by atoms with Crippen molar-refractivity contribution in [3.8, 4) is 0 Å². The lowest BCUT2D eigenvalue weighted by Gasteiger charge is -2.30. The topological polar surface area (TPSA) is 49.3 Å². The lowest BCUT2D eigenvalue weighted by atomic mass is 9.85. The maximum atomic E-state index is 12.1. The van der Waals surface area contributed by atoms with Gasteiger partial charge in [0, 0.05) is 35.0 Å². The SMILES string of the molecule is O=C(CCc1ccc(Cl)cc1Cl)NC1CCCCC1CO. The Morgan fingerprint density at radius 3 is 2.76 bits per heavy atom. The molecule has 21 heavy (non-hydrogen) atoms. The quantitative estimate of drug-likeness (QED) is 0.867. The third-order valence-electron chi connectivity index (χ3n) is 4.13. The van der Waals surface area contributed by atoms with Crippen molar-refractivity contribution in [2.75, 3.05) is 6.61 Å². The molecule has 5 heteroatoms. The van der Waals surface area contributed by atoms with Crippen LogP contribution in [0, 0.1) is 5.92 Å². The molecule has 1 fully saturated rings. The molecule has 1 amide bonds. The number of benzene rings is 1. The van der Waals surface area contributed by atoms with E-state index < -0.39 is 0 Å². The number of hydrogen-bond acceptors (Lipinski definition) is 2. The van der Waals surface area contributed by atoms with Crippen LogP contribution in [0.2, 0.25) is 10.0 Å². The summed E-state index contributed by atoms with van der Waals surface area (Å²) in [6, 6.07) is 5.44. The highest BCUT2D eigenvalue weighted by Crippen LogP contribution is 2.25. The highest BCUT2D eigenvalue weighted by atomic mass is 35.5. The van der Waals surface area contributed by atoms with Crippen LogP contribution in [0.15, 0.2) is 18.2 Å². The maximum Gasteiger partial charge on any atom is 0.220 e. The van der Waals surface area contributed by atoms with Crippen LogP contribution in [-0.2, 0) is 11.2 Å². The van der Waals surface area contributed by atoms with Gasteiger partial charge in [0.15, 0.2) is 0 Å². The van der Waals surface area contributed by atoms with Crippen molar-refractivity contribution in [2.24, 2.45) is 5.92 Å². The molecule has 2 rings (SSSR count). The molecule has 2 N–H and O–H groups in total. The Hall–Kier alpha value is -0.770. The van der Waals surface area contributed by atoms with Crippen molar-refractivity contribution in [3.05, 3.63) is 33.8 Å². The lowest BCUT2D eigenvalue weighted by molar-refractivity contribution is -0.122. The summed E-state index contributed by atoms with van der Waals surface area (Å²) in [5.41, 5.74) is 0.929. The molecule has 1 aromatic rings. The smallest absolute Gasteiger partial charge is 0.220 e. The third-order valence-corrected chi connectivity index (χ3v) is 4.71. The second kappa shape index (κ2) is 8.02. The average Bonchev–Trinajstić information content (AvgIpc) is 2.47. The van der Waals surface area contributed by atoms with Gasteiger partial charge in [-0.2, -0.15) is 0 Å². The van der Waals surface area contributed by atoms with E-state index in [1.807, 2.05) is 6.07 Å². The minimum atomic E-state index is 0.0198. The van der Waals surface area contributed by atoms with E-state index in [0.717, 1.165) is 31.2 Å². The molecule has 1 saturated carbocycles. The number of halogens is 2. The molecule has 0 radical (unpaired) electrons. The molecule has 0 spiro atoms. The molecule has 0 aromatic heterocycles. The molecule has 0 saturated heterocycles. The van der Waals surface area contributed by atoms with Crippen molar-refractivity contribution >= 4 is 29.1 Å². The Morgan fingerprint density at radius 1 is 1.29 bits per heavy atom. The first kappa shape index (κ1) is 16.6. The normalized spacial score (nSPS) is 22.0. The minimum absolute atomic E-state index is 0.0198. The number of aliphatic hydroxyl groups is 1. The van der Waals surface area contributed by atoms with Gasteiger partial charge in [0.2, 0.25) is 5.91 Å². The summed E-state index contributed by atoms with van der Waals surface area (Å²) in [6.45, 7) is 0.147. The zero-order valence-electron chi connectivity index (χ0n) is 11.9. The Kier molecular flexibility index (Phi) is 6.34. The number of aryl methyl sites for hydroxylation is 1. The van der Waals surface area contributed by atoms with Gasteiger partial charge >= 0.3 is 0 Å². The van der Waals surface area contributed by atoms with Crippen LogP contribution in [-0.4, -0.2) is 23.7 Å². The molecule has 1 aliphatic carbocycles. The van der Waals surface area contributed by atoms with Crippen LogP contribution < -0.4 is 5.32 Å². The van der Waals surface area contributed by atoms with Crippen LogP contribution >= 0.6 is 23.2 Å². The van der Waals surface area contributed by atoms with Gasteiger partial charge in [-0.05, 0) is 37.0 Å². The Balaban J connectivity index is 1.84. The van der Waals surface area contributed by atoms with Crippen LogP contribution in [0.4, 0.5) is 0 Å². The summed E-state index contributed by atoms with van der Waals surface area (Å²) in [5.74, 6) is 0.216. The number of carbonyl (C=O) groups excluding carboxylic acids is 1. The fourth-order valence-corrected chi connectivity index (χ4v) is 3.37.